The Labute approximate surface area is 82.4 Å². The Hall–Kier alpha value is -2.16. The van der Waals surface area contributed by atoms with E-state index in [1.54, 1.807) is 0 Å². The highest BCUT2D eigenvalue weighted by molar-refractivity contribution is 5.89. The van der Waals surface area contributed by atoms with E-state index in [0.717, 1.165) is 0 Å². The molecule has 0 radical (unpaired) electrons. The van der Waals surface area contributed by atoms with Gasteiger partial charge in [-0.1, -0.05) is 0 Å². The van der Waals surface area contributed by atoms with E-state index in [0.29, 0.717) is 0 Å². The molecule has 0 aromatic heterocycles. The molecule has 0 aromatic rings. The molecular weight excluding hydrogens is 214 g/mol. The number of hydrogen-bond donors (Lipinski definition) is 3. The van der Waals surface area contributed by atoms with Crippen molar-refractivity contribution in [2.75, 3.05) is 0 Å². The zero-order valence-corrected chi connectivity index (χ0v) is 7.21. The Bertz CT molecular complexity index is 298. The molecule has 0 spiro atoms. The first kappa shape index (κ1) is 12.8. The van der Waals surface area contributed by atoms with Crippen LogP contribution in [-0.2, 0) is 19.1 Å². The van der Waals surface area contributed by atoms with Gasteiger partial charge in [0.2, 0.25) is 0 Å². The van der Waals surface area contributed by atoms with Gasteiger partial charge in [0.15, 0.2) is 0 Å². The minimum absolute atomic E-state index is 0.793. The van der Waals surface area contributed by atoms with Crippen LogP contribution in [0.1, 0.15) is 6.42 Å². The van der Waals surface area contributed by atoms with E-state index in [2.05, 4.69) is 9.47 Å². The molecule has 0 rings (SSSR count). The molecule has 0 bridgehead atoms. The maximum absolute atomic E-state index is 10.7. The summed E-state index contributed by atoms with van der Waals surface area (Å²) in [6.07, 6.45) is -4.51. The van der Waals surface area contributed by atoms with E-state index >= 15 is 0 Å². The molecule has 1 unspecified atom stereocenters. The van der Waals surface area contributed by atoms with Crippen molar-refractivity contribution >= 4 is 24.2 Å². The lowest BCUT2D eigenvalue weighted by Crippen LogP contribution is -2.36. The zero-order valence-electron chi connectivity index (χ0n) is 7.21. The predicted molar refractivity (Wildman–Crippen MR) is 40.8 cm³/mol. The lowest BCUT2D eigenvalue weighted by molar-refractivity contribution is -0.147. The van der Waals surface area contributed by atoms with Crippen LogP contribution in [0.3, 0.4) is 0 Å². The number of ether oxygens (including phenoxy) is 2. The summed E-state index contributed by atoms with van der Waals surface area (Å²) in [6, 6.07) is -1.59. The zero-order chi connectivity index (χ0) is 12.0. The molecule has 9 nitrogen and oxygen atoms in total. The van der Waals surface area contributed by atoms with Crippen LogP contribution < -0.4 is 5.73 Å². The largest absolute Gasteiger partial charge is 0.513 e. The van der Waals surface area contributed by atoms with Crippen LogP contribution in [0, 0.1) is 0 Å². The third-order valence-corrected chi connectivity index (χ3v) is 1.08. The summed E-state index contributed by atoms with van der Waals surface area (Å²) in [4.78, 5) is 41.0. The fourth-order valence-electron chi connectivity index (χ4n) is 0.564. The number of carbonyl (C=O) groups excluding carboxylic acids is 2. The van der Waals surface area contributed by atoms with Gasteiger partial charge in [0.1, 0.15) is 6.04 Å². The van der Waals surface area contributed by atoms with Crippen molar-refractivity contribution in [1.82, 2.24) is 0 Å². The van der Waals surface area contributed by atoms with Crippen LogP contribution in [0.2, 0.25) is 0 Å². The van der Waals surface area contributed by atoms with Gasteiger partial charge in [0, 0.05) is 0 Å². The third kappa shape index (κ3) is 5.99. The van der Waals surface area contributed by atoms with Gasteiger partial charge in [0.25, 0.3) is 0 Å². The molecule has 0 aromatic carbocycles. The predicted octanol–water partition coefficient (Wildman–Crippen LogP) is -0.854. The van der Waals surface area contributed by atoms with Crippen LogP contribution >= 0.6 is 0 Å². The summed E-state index contributed by atoms with van der Waals surface area (Å²) < 4.78 is 7.23. The molecular formula is C6H7NO8. The fourth-order valence-corrected chi connectivity index (χ4v) is 0.564. The Morgan fingerprint density at radius 3 is 1.93 bits per heavy atom. The van der Waals surface area contributed by atoms with Crippen molar-refractivity contribution < 1.29 is 38.9 Å². The lowest BCUT2D eigenvalue weighted by atomic mass is 10.2. The highest BCUT2D eigenvalue weighted by Crippen LogP contribution is 1.96. The molecule has 0 fully saturated rings. The molecule has 0 heterocycles. The Kier molecular flexibility index (Phi) is 4.75. The van der Waals surface area contributed by atoms with Gasteiger partial charge in [-0.15, -0.1) is 0 Å². The first-order valence-electron chi connectivity index (χ1n) is 3.46. The van der Waals surface area contributed by atoms with E-state index in [4.69, 9.17) is 15.9 Å². The van der Waals surface area contributed by atoms with Crippen molar-refractivity contribution in [3.8, 4) is 0 Å². The molecule has 84 valence electrons. The molecule has 4 N–H and O–H groups in total. The first-order valence-corrected chi connectivity index (χ1v) is 3.46. The second-order valence-electron chi connectivity index (χ2n) is 2.24. The monoisotopic (exact) mass is 221 g/mol. The average Bonchev–Trinajstić information content (AvgIpc) is 2.00. The highest BCUT2D eigenvalue weighted by atomic mass is 16.7. The first-order chi connectivity index (χ1) is 6.82. The number of hydrogen-bond acceptors (Lipinski definition) is 7. The molecule has 1 atom stereocenters. The smallest absolute Gasteiger partial charge is 0.449 e. The van der Waals surface area contributed by atoms with Gasteiger partial charge in [0.05, 0.1) is 6.42 Å². The Morgan fingerprint density at radius 2 is 1.53 bits per heavy atom. The van der Waals surface area contributed by atoms with Gasteiger partial charge in [-0.05, 0) is 0 Å². The quantitative estimate of drug-likeness (QED) is 0.408. The third-order valence-electron chi connectivity index (χ3n) is 1.08. The van der Waals surface area contributed by atoms with Crippen molar-refractivity contribution in [2.24, 2.45) is 5.73 Å². The number of esters is 2. The summed E-state index contributed by atoms with van der Waals surface area (Å²) >= 11 is 0. The van der Waals surface area contributed by atoms with Gasteiger partial charge in [-0.25, -0.2) is 14.4 Å². The molecule has 9 heteroatoms. The lowest BCUT2D eigenvalue weighted by Gasteiger charge is -2.06. The van der Waals surface area contributed by atoms with Crippen LogP contribution in [-0.4, -0.2) is 40.5 Å². The normalized spacial score (nSPS) is 11.3. The Balaban J connectivity index is 4.07. The van der Waals surface area contributed by atoms with Crippen molar-refractivity contribution in [3.05, 3.63) is 0 Å². The molecule has 0 aliphatic heterocycles. The second-order valence-corrected chi connectivity index (χ2v) is 2.24. The van der Waals surface area contributed by atoms with Crippen LogP contribution in [0.5, 0.6) is 0 Å². The summed E-state index contributed by atoms with van der Waals surface area (Å²) in [5.41, 5.74) is 5.01. The van der Waals surface area contributed by atoms with Gasteiger partial charge >= 0.3 is 24.2 Å². The van der Waals surface area contributed by atoms with Crippen LogP contribution in [0.25, 0.3) is 0 Å². The maximum atomic E-state index is 10.7. The van der Waals surface area contributed by atoms with E-state index in [1.807, 2.05) is 0 Å². The van der Waals surface area contributed by atoms with E-state index in [1.165, 1.54) is 0 Å². The van der Waals surface area contributed by atoms with Crippen LogP contribution in [0.4, 0.5) is 9.59 Å². The summed E-state index contributed by atoms with van der Waals surface area (Å²) in [7, 11) is 0. The highest BCUT2D eigenvalue weighted by Gasteiger charge is 2.23. The minimum atomic E-state index is -1.87. The molecule has 0 amide bonds. The summed E-state index contributed by atoms with van der Waals surface area (Å²) in [6.45, 7) is 0. The van der Waals surface area contributed by atoms with Crippen LogP contribution in [0.15, 0.2) is 0 Å². The van der Waals surface area contributed by atoms with E-state index in [-0.39, 0.29) is 0 Å². The summed E-state index contributed by atoms with van der Waals surface area (Å²) in [5.74, 6) is -2.65. The maximum Gasteiger partial charge on any atom is 0.513 e. The topological polar surface area (TPSA) is 153 Å². The minimum Gasteiger partial charge on any atom is -0.449 e. The number of carbonyl (C=O) groups is 4. The number of rotatable bonds is 3. The van der Waals surface area contributed by atoms with Gasteiger partial charge in [-0.3, -0.25) is 4.79 Å². The number of carboxylic acid groups (broad SMARTS) is 2. The van der Waals surface area contributed by atoms with Crippen molar-refractivity contribution in [1.29, 1.82) is 0 Å². The van der Waals surface area contributed by atoms with Crippen molar-refractivity contribution in [3.63, 3.8) is 0 Å². The molecule has 0 saturated heterocycles. The average molecular weight is 221 g/mol. The van der Waals surface area contributed by atoms with Crippen molar-refractivity contribution in [2.45, 2.75) is 12.5 Å². The fraction of sp³-hybridized carbons (Fsp3) is 0.333. The molecule has 0 saturated carbocycles. The second kappa shape index (κ2) is 5.54. The van der Waals surface area contributed by atoms with Gasteiger partial charge < -0.3 is 25.4 Å². The SMILES string of the molecule is NC(CC(=O)OC(=O)O)C(=O)OC(=O)O. The number of nitrogens with two attached hydrogens (primary N) is 1. The van der Waals surface area contributed by atoms with E-state index < -0.39 is 36.7 Å². The summed E-state index contributed by atoms with van der Waals surface area (Å²) in [5, 5.41) is 16.0. The molecule has 0 aliphatic rings. The van der Waals surface area contributed by atoms with E-state index in [9.17, 15) is 19.2 Å². The van der Waals surface area contributed by atoms with Gasteiger partial charge in [-0.2, -0.15) is 0 Å². The molecule has 0 aliphatic carbocycles. The Morgan fingerprint density at radius 1 is 1.07 bits per heavy atom. The molecule has 15 heavy (non-hydrogen) atoms. The standard InChI is InChI=1S/C6H7NO8/c7-2(4(9)15-6(12)13)1-3(8)14-5(10)11/h2H,1,7H2,(H,10,11)(H,12,13).